The van der Waals surface area contributed by atoms with Crippen molar-refractivity contribution >= 4 is 57.0 Å². The molecule has 3 rings (SSSR count). The number of carboxylic acids is 1. The van der Waals surface area contributed by atoms with Crippen LogP contribution in [-0.4, -0.2) is 73.9 Å². The smallest absolute Gasteiger partial charge is 0.322 e. The topological polar surface area (TPSA) is 132 Å². The Kier molecular flexibility index (Phi) is 7.06. The molecular formula is C14H18ClN5O5S2. The predicted octanol–water partition coefficient (Wildman–Crippen LogP) is 0.342. The molecule has 1 saturated heterocycles. The first-order valence-electron chi connectivity index (χ1n) is 7.80. The van der Waals surface area contributed by atoms with Gasteiger partial charge in [0.15, 0.2) is 0 Å². The van der Waals surface area contributed by atoms with Gasteiger partial charge in [0.1, 0.15) is 22.8 Å². The van der Waals surface area contributed by atoms with Gasteiger partial charge in [-0.25, -0.2) is 8.42 Å². The molecule has 0 spiro atoms. The maximum Gasteiger partial charge on any atom is 0.322 e. The van der Waals surface area contributed by atoms with Crippen LogP contribution in [0.25, 0.3) is 0 Å². The number of nitrogens with one attached hydrogen (secondary N) is 1. The molecule has 0 aromatic heterocycles. The molecule has 1 fully saturated rings. The molecule has 2 aliphatic heterocycles. The number of piperazine rings is 1. The first-order chi connectivity index (χ1) is 12.4. The normalized spacial score (nSPS) is 16.9. The number of hydrogen-bond acceptors (Lipinski definition) is 7. The van der Waals surface area contributed by atoms with Gasteiger partial charge in [0.2, 0.25) is 15.9 Å². The number of benzene rings is 1. The quantitative estimate of drug-likeness (QED) is 0.672. The van der Waals surface area contributed by atoms with Crippen LogP contribution >= 0.6 is 12.4 Å². The number of rotatable bonds is 6. The molecule has 13 heteroatoms. The highest BCUT2D eigenvalue weighted by Gasteiger charge is 2.32. The van der Waals surface area contributed by atoms with E-state index in [-0.39, 0.29) is 36.9 Å². The lowest BCUT2D eigenvalue weighted by molar-refractivity contribution is -0.138. The van der Waals surface area contributed by atoms with Crippen LogP contribution in [0.15, 0.2) is 31.8 Å². The van der Waals surface area contributed by atoms with Crippen molar-refractivity contribution < 1.29 is 23.1 Å². The molecule has 1 aromatic carbocycles. The van der Waals surface area contributed by atoms with E-state index < -0.39 is 28.4 Å². The molecule has 0 bridgehead atoms. The number of nitrogens with zero attached hydrogens (tertiary/aromatic N) is 4. The second-order valence-corrected chi connectivity index (χ2v) is 8.17. The molecule has 0 aliphatic carbocycles. The summed E-state index contributed by atoms with van der Waals surface area (Å²) in [4.78, 5) is 24.0. The van der Waals surface area contributed by atoms with E-state index in [1.54, 1.807) is 17.0 Å². The van der Waals surface area contributed by atoms with E-state index in [2.05, 4.69) is 14.0 Å². The minimum absolute atomic E-state index is 0. The average Bonchev–Trinajstić information content (AvgIpc) is 3.09. The second kappa shape index (κ2) is 8.89. The summed E-state index contributed by atoms with van der Waals surface area (Å²) in [7, 11) is -3.70. The summed E-state index contributed by atoms with van der Waals surface area (Å²) in [6.07, 6.45) is 0. The molecule has 0 unspecified atom stereocenters. The van der Waals surface area contributed by atoms with E-state index >= 15 is 0 Å². The van der Waals surface area contributed by atoms with Crippen LogP contribution in [0, 0.1) is 0 Å². The third-order valence-corrected chi connectivity index (χ3v) is 6.47. The van der Waals surface area contributed by atoms with Crippen LogP contribution in [0.1, 0.15) is 0 Å². The SMILES string of the molecule is Cl.O=C(O)CNC(=O)CN1CCN(S(=O)(=O)c2cccc3c2N=S=N3)CC1. The molecule has 1 amide bonds. The zero-order valence-corrected chi connectivity index (χ0v) is 16.5. The van der Waals surface area contributed by atoms with Crippen LogP contribution in [0.5, 0.6) is 0 Å². The number of carboxylic acid groups (broad SMARTS) is 1. The van der Waals surface area contributed by atoms with Gasteiger partial charge in [0.25, 0.3) is 0 Å². The van der Waals surface area contributed by atoms with Gasteiger partial charge in [0, 0.05) is 26.2 Å². The molecular weight excluding hydrogens is 418 g/mol. The van der Waals surface area contributed by atoms with Crippen molar-refractivity contribution in [3.8, 4) is 0 Å². The first kappa shape index (κ1) is 21.4. The van der Waals surface area contributed by atoms with Gasteiger partial charge in [-0.2, -0.15) is 13.0 Å². The summed E-state index contributed by atoms with van der Waals surface area (Å²) in [6.45, 7) is 0.840. The summed E-state index contributed by atoms with van der Waals surface area (Å²) in [5.74, 6) is -1.51. The zero-order valence-electron chi connectivity index (χ0n) is 14.1. The number of aliphatic carboxylic acids is 1. The van der Waals surface area contributed by atoms with Crippen molar-refractivity contribution in [3.63, 3.8) is 0 Å². The summed E-state index contributed by atoms with van der Waals surface area (Å²) < 4.78 is 35.3. The molecule has 0 radical (unpaired) electrons. The van der Waals surface area contributed by atoms with Crippen molar-refractivity contribution in [2.24, 2.45) is 8.73 Å². The predicted molar refractivity (Wildman–Crippen MR) is 101 cm³/mol. The average molecular weight is 436 g/mol. The summed E-state index contributed by atoms with van der Waals surface area (Å²) in [5.41, 5.74) is 0.915. The molecule has 10 nitrogen and oxygen atoms in total. The van der Waals surface area contributed by atoms with Crippen LogP contribution in [-0.2, 0) is 31.0 Å². The van der Waals surface area contributed by atoms with Gasteiger partial charge in [0.05, 0.1) is 17.9 Å². The Morgan fingerprint density at radius 3 is 2.56 bits per heavy atom. The molecule has 148 valence electrons. The molecule has 0 atom stereocenters. The van der Waals surface area contributed by atoms with Crippen molar-refractivity contribution in [3.05, 3.63) is 18.2 Å². The maximum atomic E-state index is 12.9. The number of amides is 1. The van der Waals surface area contributed by atoms with E-state index in [0.29, 0.717) is 24.5 Å². The lowest BCUT2D eigenvalue weighted by Gasteiger charge is -2.33. The van der Waals surface area contributed by atoms with Crippen molar-refractivity contribution in [2.45, 2.75) is 4.90 Å². The highest BCUT2D eigenvalue weighted by molar-refractivity contribution is 7.89. The number of fused-ring (bicyclic) bond motifs is 1. The number of carbonyl (C=O) groups is 2. The van der Waals surface area contributed by atoms with Crippen LogP contribution in [0.4, 0.5) is 11.4 Å². The van der Waals surface area contributed by atoms with E-state index in [9.17, 15) is 18.0 Å². The Morgan fingerprint density at radius 2 is 1.89 bits per heavy atom. The zero-order chi connectivity index (χ0) is 18.7. The summed E-state index contributed by atoms with van der Waals surface area (Å²) in [6, 6.07) is 4.87. The van der Waals surface area contributed by atoms with Crippen LogP contribution in [0.3, 0.4) is 0 Å². The minimum atomic E-state index is -3.70. The number of halogens is 1. The van der Waals surface area contributed by atoms with Crippen LogP contribution < -0.4 is 5.32 Å². The number of sulfonamides is 1. The molecule has 1 aromatic rings. The van der Waals surface area contributed by atoms with Gasteiger partial charge >= 0.3 is 5.97 Å². The Labute approximate surface area is 165 Å². The Balaban J connectivity index is 0.00000261. The largest absolute Gasteiger partial charge is 0.480 e. The minimum Gasteiger partial charge on any atom is -0.480 e. The highest BCUT2D eigenvalue weighted by atomic mass is 35.5. The number of carbonyl (C=O) groups excluding carboxylic acids is 1. The summed E-state index contributed by atoms with van der Waals surface area (Å²) >= 11 is 0.966. The van der Waals surface area contributed by atoms with Crippen molar-refractivity contribution in [1.29, 1.82) is 0 Å². The van der Waals surface area contributed by atoms with E-state index in [4.69, 9.17) is 5.11 Å². The third kappa shape index (κ3) is 4.90. The Morgan fingerprint density at radius 1 is 1.19 bits per heavy atom. The first-order valence-corrected chi connectivity index (χ1v) is 9.97. The fourth-order valence-electron chi connectivity index (χ4n) is 2.69. The monoisotopic (exact) mass is 435 g/mol. The van der Waals surface area contributed by atoms with Gasteiger partial charge in [-0.05, 0) is 12.1 Å². The van der Waals surface area contributed by atoms with Gasteiger partial charge in [-0.3, -0.25) is 14.5 Å². The molecule has 0 saturated carbocycles. The molecule has 27 heavy (non-hydrogen) atoms. The second-order valence-electron chi connectivity index (χ2n) is 5.74. The van der Waals surface area contributed by atoms with E-state index in [0.717, 1.165) is 11.4 Å². The van der Waals surface area contributed by atoms with E-state index in [1.165, 1.54) is 10.4 Å². The highest BCUT2D eigenvalue weighted by Crippen LogP contribution is 2.38. The third-order valence-electron chi connectivity index (χ3n) is 4.00. The maximum absolute atomic E-state index is 12.9. The molecule has 2 N–H and O–H groups in total. The lowest BCUT2D eigenvalue weighted by Crippen LogP contribution is -2.51. The molecule has 2 heterocycles. The lowest BCUT2D eigenvalue weighted by atomic mass is 10.3. The molecule has 2 aliphatic rings. The van der Waals surface area contributed by atoms with Gasteiger partial charge in [-0.1, -0.05) is 6.07 Å². The Bertz CT molecular complexity index is 908. The Hall–Kier alpha value is -1.86. The van der Waals surface area contributed by atoms with Gasteiger partial charge in [-0.15, -0.1) is 12.4 Å². The van der Waals surface area contributed by atoms with Gasteiger partial charge < -0.3 is 10.4 Å². The standard InChI is InChI=1S/C14H17N5O5S2.ClH/c20-12(15-8-13(21)22)9-18-4-6-19(7-5-18)26(23,24)11-3-1-2-10-14(11)17-25-16-10;/h1-3H,4-9H2,(H,15,20)(H,21,22);1H. The van der Waals surface area contributed by atoms with Crippen LogP contribution in [0.2, 0.25) is 0 Å². The van der Waals surface area contributed by atoms with E-state index in [1.807, 2.05) is 0 Å². The fraction of sp³-hybridized carbons (Fsp3) is 0.429. The number of hydrogen-bond donors (Lipinski definition) is 2. The fourth-order valence-corrected chi connectivity index (χ4v) is 4.86. The van der Waals surface area contributed by atoms with Crippen molar-refractivity contribution in [2.75, 3.05) is 39.3 Å². The van der Waals surface area contributed by atoms with Crippen molar-refractivity contribution in [1.82, 2.24) is 14.5 Å². The summed E-state index contributed by atoms with van der Waals surface area (Å²) in [5, 5.41) is 10.8.